The number of carbonyl (C=O) groups is 3. The second-order valence-electron chi connectivity index (χ2n) is 7.37. The van der Waals surface area contributed by atoms with Crippen LogP contribution in [-0.2, 0) is 16.0 Å². The van der Waals surface area contributed by atoms with E-state index in [-0.39, 0.29) is 18.3 Å². The fraction of sp³-hybridized carbons (Fsp3) is 0.160. The van der Waals surface area contributed by atoms with Gasteiger partial charge in [-0.05, 0) is 59.5 Å². The number of hydrogen-bond donors (Lipinski definition) is 2. The Morgan fingerprint density at radius 2 is 1.69 bits per heavy atom. The second-order valence-corrected chi connectivity index (χ2v) is 7.37. The topological polar surface area (TPSA) is 93.7 Å². The highest BCUT2D eigenvalue weighted by Crippen LogP contribution is 2.36. The number of aldehydes is 1. The number of hydrogen-bond acceptors (Lipinski definition) is 6. The van der Waals surface area contributed by atoms with Crippen LogP contribution in [0.4, 0.5) is 17.1 Å². The zero-order valence-corrected chi connectivity index (χ0v) is 17.7. The molecule has 32 heavy (non-hydrogen) atoms. The van der Waals surface area contributed by atoms with E-state index in [2.05, 4.69) is 10.6 Å². The van der Waals surface area contributed by atoms with Crippen molar-refractivity contribution in [2.75, 3.05) is 24.9 Å². The fourth-order valence-corrected chi connectivity index (χ4v) is 3.66. The predicted octanol–water partition coefficient (Wildman–Crippen LogP) is 4.59. The Labute approximate surface area is 185 Å². The molecule has 1 aliphatic rings. The summed E-state index contributed by atoms with van der Waals surface area (Å²) in [5, 5.41) is 6.27. The lowest BCUT2D eigenvalue weighted by atomic mass is 10.0. The molecule has 0 radical (unpaired) electrons. The third-order valence-electron chi connectivity index (χ3n) is 5.40. The molecule has 4 rings (SSSR count). The first-order valence-electron chi connectivity index (χ1n) is 10.1. The number of methoxy groups -OCH3 is 2. The van der Waals surface area contributed by atoms with Crippen molar-refractivity contribution in [2.45, 2.75) is 12.8 Å². The molecule has 0 spiro atoms. The van der Waals surface area contributed by atoms with Crippen molar-refractivity contribution in [1.29, 1.82) is 0 Å². The third-order valence-corrected chi connectivity index (χ3v) is 5.40. The molecule has 7 nitrogen and oxygen atoms in total. The molecule has 0 saturated heterocycles. The second kappa shape index (κ2) is 8.93. The van der Waals surface area contributed by atoms with E-state index < -0.39 is 0 Å². The highest BCUT2D eigenvalue weighted by molar-refractivity contribution is 6.12. The quantitative estimate of drug-likeness (QED) is 0.439. The van der Waals surface area contributed by atoms with Gasteiger partial charge in [0.25, 0.3) is 5.91 Å². The normalized spacial score (nSPS) is 11.9. The number of anilines is 3. The molecule has 162 valence electrons. The van der Waals surface area contributed by atoms with Crippen molar-refractivity contribution < 1.29 is 23.9 Å². The number of ether oxygens (including phenoxy) is 2. The average Bonchev–Trinajstić information content (AvgIpc) is 2.96. The fourth-order valence-electron chi connectivity index (χ4n) is 3.66. The first-order chi connectivity index (χ1) is 15.5. The van der Waals surface area contributed by atoms with Gasteiger partial charge in [0.15, 0.2) is 6.29 Å². The van der Waals surface area contributed by atoms with Crippen molar-refractivity contribution in [1.82, 2.24) is 0 Å². The average molecular weight is 430 g/mol. The summed E-state index contributed by atoms with van der Waals surface area (Å²) in [6, 6.07) is 16.5. The lowest BCUT2D eigenvalue weighted by Crippen LogP contribution is -2.11. The number of rotatable bonds is 6. The summed E-state index contributed by atoms with van der Waals surface area (Å²) in [5.74, 6) is -0.0142. The Balaban J connectivity index is 1.66. The summed E-state index contributed by atoms with van der Waals surface area (Å²) in [7, 11) is 2.88. The number of fused-ring (bicyclic) bond motifs is 2. The molecule has 0 saturated carbocycles. The molecule has 2 N–H and O–H groups in total. The number of esters is 1. The van der Waals surface area contributed by atoms with Gasteiger partial charge < -0.3 is 20.1 Å². The number of amides is 1. The smallest absolute Gasteiger partial charge is 0.305 e. The van der Waals surface area contributed by atoms with Crippen LogP contribution >= 0.6 is 0 Å². The maximum atomic E-state index is 12.8. The van der Waals surface area contributed by atoms with Crippen molar-refractivity contribution in [3.8, 4) is 16.9 Å². The SMILES string of the molecule is COC(=O)CCc1ccc2c(c1)NC(=O)c1ccc(-c3ccc(C=O)c(OC)c3)cc1N2. The molecule has 0 fully saturated rings. The zero-order chi connectivity index (χ0) is 22.7. The molecule has 3 aromatic rings. The van der Waals surface area contributed by atoms with Crippen LogP contribution in [0.2, 0.25) is 0 Å². The molecule has 1 aliphatic heterocycles. The van der Waals surface area contributed by atoms with Gasteiger partial charge in [-0.15, -0.1) is 0 Å². The third kappa shape index (κ3) is 4.18. The summed E-state index contributed by atoms with van der Waals surface area (Å²) < 4.78 is 10.0. The van der Waals surface area contributed by atoms with Crippen LogP contribution in [0.3, 0.4) is 0 Å². The summed E-state index contributed by atoms with van der Waals surface area (Å²) in [6.45, 7) is 0. The van der Waals surface area contributed by atoms with Crippen molar-refractivity contribution in [3.63, 3.8) is 0 Å². The monoisotopic (exact) mass is 430 g/mol. The van der Waals surface area contributed by atoms with Crippen LogP contribution in [0.15, 0.2) is 54.6 Å². The molecular weight excluding hydrogens is 408 g/mol. The highest BCUT2D eigenvalue weighted by Gasteiger charge is 2.20. The number of nitrogens with one attached hydrogen (secondary N) is 2. The minimum Gasteiger partial charge on any atom is -0.496 e. The van der Waals surface area contributed by atoms with Gasteiger partial charge in [-0.3, -0.25) is 14.4 Å². The van der Waals surface area contributed by atoms with E-state index in [1.165, 1.54) is 14.2 Å². The minimum absolute atomic E-state index is 0.225. The number of aryl methyl sites for hydroxylation is 1. The first-order valence-corrected chi connectivity index (χ1v) is 10.1. The maximum absolute atomic E-state index is 12.8. The van der Waals surface area contributed by atoms with Gasteiger partial charge in [0.05, 0.1) is 42.4 Å². The minimum atomic E-state index is -0.278. The Kier molecular flexibility index (Phi) is 5.89. The molecule has 1 heterocycles. The summed E-state index contributed by atoms with van der Waals surface area (Å²) in [5.41, 5.74) is 5.71. The highest BCUT2D eigenvalue weighted by atomic mass is 16.5. The van der Waals surface area contributed by atoms with Gasteiger partial charge in [0.2, 0.25) is 0 Å². The lowest BCUT2D eigenvalue weighted by Gasteiger charge is -2.12. The van der Waals surface area contributed by atoms with Crippen LogP contribution in [0.1, 0.15) is 32.7 Å². The van der Waals surface area contributed by atoms with E-state index in [0.717, 1.165) is 28.7 Å². The van der Waals surface area contributed by atoms with E-state index in [9.17, 15) is 14.4 Å². The molecule has 0 aromatic heterocycles. The molecular formula is C25H22N2O5. The molecule has 0 aliphatic carbocycles. The van der Waals surface area contributed by atoms with Gasteiger partial charge in [0.1, 0.15) is 5.75 Å². The summed E-state index contributed by atoms with van der Waals surface area (Å²) in [6.07, 6.45) is 1.54. The summed E-state index contributed by atoms with van der Waals surface area (Å²) >= 11 is 0. The van der Waals surface area contributed by atoms with Gasteiger partial charge in [0, 0.05) is 6.42 Å². The molecule has 7 heteroatoms. The van der Waals surface area contributed by atoms with E-state index in [4.69, 9.17) is 9.47 Å². The van der Waals surface area contributed by atoms with Gasteiger partial charge >= 0.3 is 5.97 Å². The Morgan fingerprint density at radius 1 is 0.906 bits per heavy atom. The predicted molar refractivity (Wildman–Crippen MR) is 122 cm³/mol. The zero-order valence-electron chi connectivity index (χ0n) is 17.7. The van der Waals surface area contributed by atoms with Crippen LogP contribution in [0.25, 0.3) is 11.1 Å². The van der Waals surface area contributed by atoms with Gasteiger partial charge in [-0.1, -0.05) is 18.2 Å². The van der Waals surface area contributed by atoms with Crippen molar-refractivity contribution >= 4 is 35.2 Å². The maximum Gasteiger partial charge on any atom is 0.305 e. The standard InChI is InChI=1S/C25H22N2O5/c1-31-23-13-17(5-6-18(23)14-28)16-7-8-19-21(12-16)26-20-9-3-15(4-10-24(29)32-2)11-22(20)27-25(19)30/h3,5-9,11-14,26H,4,10H2,1-2H3,(H,27,30). The van der Waals surface area contributed by atoms with Gasteiger partial charge in [-0.2, -0.15) is 0 Å². The van der Waals surface area contributed by atoms with E-state index >= 15 is 0 Å². The summed E-state index contributed by atoms with van der Waals surface area (Å²) in [4.78, 5) is 35.4. The van der Waals surface area contributed by atoms with Crippen LogP contribution in [-0.4, -0.2) is 32.4 Å². The van der Waals surface area contributed by atoms with E-state index in [0.29, 0.717) is 34.7 Å². The van der Waals surface area contributed by atoms with Gasteiger partial charge in [-0.25, -0.2) is 0 Å². The first kappa shape index (κ1) is 21.1. The van der Waals surface area contributed by atoms with E-state index in [1.807, 2.05) is 36.4 Å². The Hall–Kier alpha value is -4.13. The van der Waals surface area contributed by atoms with Crippen molar-refractivity contribution in [2.24, 2.45) is 0 Å². The molecule has 1 amide bonds. The lowest BCUT2D eigenvalue weighted by molar-refractivity contribution is -0.140. The number of benzene rings is 3. The molecule has 0 atom stereocenters. The van der Waals surface area contributed by atoms with Crippen molar-refractivity contribution in [3.05, 3.63) is 71.3 Å². The number of carbonyl (C=O) groups excluding carboxylic acids is 3. The molecule has 0 bridgehead atoms. The molecule has 0 unspecified atom stereocenters. The van der Waals surface area contributed by atoms with Crippen LogP contribution in [0, 0.1) is 0 Å². The van der Waals surface area contributed by atoms with Crippen LogP contribution < -0.4 is 15.4 Å². The Morgan fingerprint density at radius 3 is 2.44 bits per heavy atom. The Bertz CT molecular complexity index is 1220. The van der Waals surface area contributed by atoms with Crippen LogP contribution in [0.5, 0.6) is 5.75 Å². The van der Waals surface area contributed by atoms with E-state index in [1.54, 1.807) is 18.2 Å². The molecule has 3 aromatic carbocycles. The largest absolute Gasteiger partial charge is 0.496 e.